The number of nitrogens with zero attached hydrogens (tertiary/aromatic N) is 1. The molecule has 0 aliphatic heterocycles. The van der Waals surface area contributed by atoms with E-state index < -0.39 is 26.6 Å². The smallest absolute Gasteiger partial charge is 0.266 e. The number of rotatable bonds is 3. The van der Waals surface area contributed by atoms with Crippen LogP contribution in [-0.4, -0.2) is 18.6 Å². The predicted octanol–water partition coefficient (Wildman–Crippen LogP) is 2.79. The molecule has 0 saturated heterocycles. The Kier molecular flexibility index (Phi) is 3.75. The Morgan fingerprint density at radius 3 is 2.43 bits per heavy atom. The lowest BCUT2D eigenvalue weighted by atomic mass is 9.92. The summed E-state index contributed by atoms with van der Waals surface area (Å²) in [6, 6.07) is 3.74. The van der Waals surface area contributed by atoms with Crippen molar-refractivity contribution in [1.82, 2.24) is 10.2 Å². The summed E-state index contributed by atoms with van der Waals surface area (Å²) in [5, 5.41) is 6.51. The van der Waals surface area contributed by atoms with Gasteiger partial charge < -0.3 is 0 Å². The molecule has 0 spiro atoms. The third-order valence-corrected chi connectivity index (χ3v) is 4.18. The summed E-state index contributed by atoms with van der Waals surface area (Å²) in [6.07, 6.45) is 0. The molecule has 0 radical (unpaired) electrons. The number of H-pyrrole nitrogens is 1. The second-order valence-electron chi connectivity index (χ2n) is 5.60. The molecule has 0 bridgehead atoms. The van der Waals surface area contributed by atoms with Crippen molar-refractivity contribution >= 4 is 15.8 Å². The number of hydrogen-bond donors (Lipinski definition) is 2. The van der Waals surface area contributed by atoms with E-state index in [0.717, 1.165) is 12.1 Å². The first-order chi connectivity index (χ1) is 9.59. The molecule has 21 heavy (non-hydrogen) atoms. The van der Waals surface area contributed by atoms with Crippen LogP contribution in [0.5, 0.6) is 0 Å². The Hall–Kier alpha value is -1.96. The lowest BCUT2D eigenvalue weighted by Gasteiger charge is -2.14. The number of aromatic nitrogens is 2. The molecule has 0 aliphatic carbocycles. The number of nitrogens with one attached hydrogen (secondary N) is 2. The van der Waals surface area contributed by atoms with E-state index in [0.29, 0.717) is 11.8 Å². The number of halogens is 2. The van der Waals surface area contributed by atoms with E-state index in [4.69, 9.17) is 0 Å². The van der Waals surface area contributed by atoms with E-state index >= 15 is 0 Å². The quantitative estimate of drug-likeness (QED) is 0.914. The summed E-state index contributed by atoms with van der Waals surface area (Å²) in [5.41, 5.74) is 0.459. The normalized spacial score (nSPS) is 12.4. The third kappa shape index (κ3) is 3.38. The fourth-order valence-electron chi connectivity index (χ4n) is 1.63. The van der Waals surface area contributed by atoms with Crippen LogP contribution in [0.25, 0.3) is 0 Å². The van der Waals surface area contributed by atoms with E-state index in [1.807, 2.05) is 20.8 Å². The van der Waals surface area contributed by atoms with Crippen LogP contribution in [0.3, 0.4) is 0 Å². The van der Waals surface area contributed by atoms with Gasteiger partial charge in [0.2, 0.25) is 0 Å². The molecule has 0 aliphatic rings. The topological polar surface area (TPSA) is 74.8 Å². The Bertz CT molecular complexity index is 764. The predicted molar refractivity (Wildman–Crippen MR) is 74.5 cm³/mol. The zero-order chi connectivity index (χ0) is 15.8. The molecule has 2 aromatic rings. The Morgan fingerprint density at radius 1 is 1.19 bits per heavy atom. The summed E-state index contributed by atoms with van der Waals surface area (Å²) < 4.78 is 52.9. The molecular formula is C13H15F2N3O2S. The highest BCUT2D eigenvalue weighted by Crippen LogP contribution is 2.24. The van der Waals surface area contributed by atoms with Crippen molar-refractivity contribution in [2.45, 2.75) is 31.1 Å². The van der Waals surface area contributed by atoms with Crippen LogP contribution < -0.4 is 4.72 Å². The molecule has 1 aromatic carbocycles. The van der Waals surface area contributed by atoms with Crippen molar-refractivity contribution < 1.29 is 17.2 Å². The van der Waals surface area contributed by atoms with Gasteiger partial charge in [0.25, 0.3) is 10.0 Å². The highest BCUT2D eigenvalue weighted by atomic mass is 32.2. The van der Waals surface area contributed by atoms with Gasteiger partial charge in [-0.05, 0) is 18.2 Å². The Labute approximate surface area is 121 Å². The van der Waals surface area contributed by atoms with Crippen LogP contribution in [-0.2, 0) is 15.4 Å². The molecule has 0 saturated carbocycles. The fraction of sp³-hybridized carbons (Fsp3) is 0.308. The first-order valence-corrected chi connectivity index (χ1v) is 7.62. The van der Waals surface area contributed by atoms with Gasteiger partial charge in [-0.1, -0.05) is 20.8 Å². The second kappa shape index (κ2) is 5.10. The number of hydrogen-bond acceptors (Lipinski definition) is 3. The van der Waals surface area contributed by atoms with Crippen LogP contribution in [0.15, 0.2) is 29.2 Å². The maximum atomic E-state index is 13.5. The summed E-state index contributed by atoms with van der Waals surface area (Å²) in [4.78, 5) is -0.761. The van der Waals surface area contributed by atoms with Crippen LogP contribution in [0, 0.1) is 11.6 Å². The maximum absolute atomic E-state index is 13.5. The molecule has 8 heteroatoms. The molecule has 0 unspecified atom stereocenters. The summed E-state index contributed by atoms with van der Waals surface area (Å²) >= 11 is 0. The third-order valence-electron chi connectivity index (χ3n) is 2.81. The molecule has 2 N–H and O–H groups in total. The van der Waals surface area contributed by atoms with Gasteiger partial charge in [0.05, 0.1) is 0 Å². The van der Waals surface area contributed by atoms with Gasteiger partial charge in [-0.3, -0.25) is 9.82 Å². The summed E-state index contributed by atoms with van der Waals surface area (Å²) in [5.74, 6) is -1.85. The highest BCUT2D eigenvalue weighted by Gasteiger charge is 2.23. The van der Waals surface area contributed by atoms with E-state index in [-0.39, 0.29) is 11.2 Å². The highest BCUT2D eigenvalue weighted by molar-refractivity contribution is 7.92. The minimum absolute atomic E-state index is 0.0172. The molecule has 0 fully saturated rings. The standard InChI is InChI=1S/C13H15F2N3O2S/c1-13(2,3)11-7-12(17-16-11)18-21(19,20)10-6-8(14)4-5-9(10)15/h4-7H,1-3H3,(H2,16,17,18). The second-order valence-corrected chi connectivity index (χ2v) is 7.25. The molecule has 114 valence electrons. The van der Waals surface area contributed by atoms with E-state index in [1.165, 1.54) is 6.07 Å². The van der Waals surface area contributed by atoms with Crippen molar-refractivity contribution in [3.63, 3.8) is 0 Å². The van der Waals surface area contributed by atoms with E-state index in [1.54, 1.807) is 0 Å². The Balaban J connectivity index is 2.34. The van der Waals surface area contributed by atoms with E-state index in [2.05, 4.69) is 14.9 Å². The molecule has 0 atom stereocenters. The fourth-order valence-corrected chi connectivity index (χ4v) is 2.72. The lowest BCUT2D eigenvalue weighted by molar-refractivity contribution is 0.555. The first-order valence-electron chi connectivity index (χ1n) is 6.13. The largest absolute Gasteiger partial charge is 0.280 e. The van der Waals surface area contributed by atoms with Crippen molar-refractivity contribution in [2.24, 2.45) is 0 Å². The van der Waals surface area contributed by atoms with Crippen molar-refractivity contribution in [1.29, 1.82) is 0 Å². The van der Waals surface area contributed by atoms with Crippen LogP contribution in [0.2, 0.25) is 0 Å². The van der Waals surface area contributed by atoms with Gasteiger partial charge >= 0.3 is 0 Å². The van der Waals surface area contributed by atoms with Crippen LogP contribution in [0.1, 0.15) is 26.5 Å². The van der Waals surface area contributed by atoms with E-state index in [9.17, 15) is 17.2 Å². The van der Waals surface area contributed by atoms with Crippen molar-refractivity contribution in [3.05, 3.63) is 41.6 Å². The number of sulfonamides is 1. The van der Waals surface area contributed by atoms with Gasteiger partial charge in [0.1, 0.15) is 16.5 Å². The summed E-state index contributed by atoms with van der Waals surface area (Å²) in [6.45, 7) is 5.76. The van der Waals surface area contributed by atoms with Gasteiger partial charge in [-0.25, -0.2) is 17.2 Å². The Morgan fingerprint density at radius 2 is 1.86 bits per heavy atom. The minimum Gasteiger partial charge on any atom is -0.280 e. The van der Waals surface area contributed by atoms with Gasteiger partial charge in [0, 0.05) is 17.2 Å². The van der Waals surface area contributed by atoms with Gasteiger partial charge in [-0.2, -0.15) is 5.10 Å². The molecule has 1 aromatic heterocycles. The van der Waals surface area contributed by atoms with Crippen molar-refractivity contribution in [2.75, 3.05) is 4.72 Å². The monoisotopic (exact) mass is 315 g/mol. The minimum atomic E-state index is -4.25. The molecule has 2 rings (SSSR count). The van der Waals surface area contributed by atoms with Crippen LogP contribution in [0.4, 0.5) is 14.6 Å². The molecule has 5 nitrogen and oxygen atoms in total. The molecule has 0 amide bonds. The maximum Gasteiger partial charge on any atom is 0.266 e. The van der Waals surface area contributed by atoms with Gasteiger partial charge in [0.15, 0.2) is 5.82 Å². The number of aromatic amines is 1. The first kappa shape index (κ1) is 15.4. The zero-order valence-electron chi connectivity index (χ0n) is 11.7. The number of anilines is 1. The van der Waals surface area contributed by atoms with Crippen molar-refractivity contribution in [3.8, 4) is 0 Å². The average Bonchev–Trinajstić information content (AvgIpc) is 2.79. The zero-order valence-corrected chi connectivity index (χ0v) is 12.6. The van der Waals surface area contributed by atoms with Crippen LogP contribution >= 0.6 is 0 Å². The molecular weight excluding hydrogens is 300 g/mol. The van der Waals surface area contributed by atoms with Gasteiger partial charge in [-0.15, -0.1) is 0 Å². The average molecular weight is 315 g/mol. The summed E-state index contributed by atoms with van der Waals surface area (Å²) in [7, 11) is -4.25. The lowest BCUT2D eigenvalue weighted by Crippen LogP contribution is -2.15. The SMILES string of the molecule is CC(C)(C)c1cc(NS(=O)(=O)c2cc(F)ccc2F)n[nH]1. The number of benzene rings is 1. The molecule has 1 heterocycles.